The lowest BCUT2D eigenvalue weighted by Crippen LogP contribution is -2.29. The van der Waals surface area contributed by atoms with E-state index in [1.165, 1.54) is 23.2 Å². The van der Waals surface area contributed by atoms with Crippen molar-refractivity contribution in [2.45, 2.75) is 19.0 Å². The van der Waals surface area contributed by atoms with Gasteiger partial charge in [-0.1, -0.05) is 0 Å². The number of likely N-dealkylation sites (tertiary alicyclic amines) is 1. The van der Waals surface area contributed by atoms with Crippen LogP contribution < -0.4 is 4.74 Å². The Morgan fingerprint density at radius 1 is 1.58 bits per heavy atom. The number of hydrogen-bond donors (Lipinski definition) is 1. The molecule has 1 amide bonds. The maximum Gasteiger partial charge on any atom is 0.272 e. The molecule has 0 unspecified atom stereocenters. The van der Waals surface area contributed by atoms with E-state index < -0.39 is 19.1 Å². The van der Waals surface area contributed by atoms with E-state index in [-0.39, 0.29) is 11.8 Å². The van der Waals surface area contributed by atoms with Crippen LogP contribution in [0.1, 0.15) is 16.8 Å². The summed E-state index contributed by atoms with van der Waals surface area (Å²) in [4.78, 5) is 17.3. The third kappa shape index (κ3) is 3.60. The van der Waals surface area contributed by atoms with Crippen LogP contribution in [-0.2, 0) is 0 Å². The SMILES string of the molecule is O=C(c1ccc(OCC(F)F)nc1)N1CC[C@@H](O)C1. The molecule has 0 aliphatic carbocycles. The van der Waals surface area contributed by atoms with Crippen molar-refractivity contribution in [3.63, 3.8) is 0 Å². The van der Waals surface area contributed by atoms with Crippen molar-refractivity contribution in [3.8, 4) is 5.88 Å². The zero-order chi connectivity index (χ0) is 13.8. The fourth-order valence-corrected chi connectivity index (χ4v) is 1.85. The number of carbonyl (C=O) groups excluding carboxylic acids is 1. The molecule has 0 aromatic carbocycles. The lowest BCUT2D eigenvalue weighted by molar-refractivity contribution is 0.0758. The maximum absolute atomic E-state index is 12.0. The van der Waals surface area contributed by atoms with Crippen molar-refractivity contribution in [1.82, 2.24) is 9.88 Å². The minimum absolute atomic E-state index is 0.0540. The molecule has 1 fully saturated rings. The van der Waals surface area contributed by atoms with Crippen LogP contribution in [0.4, 0.5) is 8.78 Å². The fourth-order valence-electron chi connectivity index (χ4n) is 1.85. The average Bonchev–Trinajstić information content (AvgIpc) is 2.83. The van der Waals surface area contributed by atoms with Gasteiger partial charge in [0.05, 0.1) is 11.7 Å². The van der Waals surface area contributed by atoms with Gasteiger partial charge in [-0.15, -0.1) is 0 Å². The number of rotatable bonds is 4. The zero-order valence-corrected chi connectivity index (χ0v) is 10.1. The molecule has 1 aromatic heterocycles. The summed E-state index contributed by atoms with van der Waals surface area (Å²) in [5.74, 6) is -0.178. The molecule has 1 N–H and O–H groups in total. The normalized spacial score (nSPS) is 18.9. The topological polar surface area (TPSA) is 62.7 Å². The van der Waals surface area contributed by atoms with E-state index in [2.05, 4.69) is 4.98 Å². The summed E-state index contributed by atoms with van der Waals surface area (Å²) in [5, 5.41) is 9.36. The van der Waals surface area contributed by atoms with E-state index in [0.29, 0.717) is 25.1 Å². The van der Waals surface area contributed by atoms with Crippen molar-refractivity contribution < 1.29 is 23.4 Å². The number of alkyl halides is 2. The van der Waals surface area contributed by atoms with Gasteiger partial charge in [-0.05, 0) is 12.5 Å². The molecule has 1 atom stereocenters. The molecule has 5 nitrogen and oxygen atoms in total. The molecule has 1 aliphatic rings. The van der Waals surface area contributed by atoms with Gasteiger partial charge < -0.3 is 14.7 Å². The predicted molar refractivity (Wildman–Crippen MR) is 62.3 cm³/mol. The highest BCUT2D eigenvalue weighted by Crippen LogP contribution is 2.15. The Hall–Kier alpha value is -1.76. The molecule has 1 aromatic rings. The molecular weight excluding hydrogens is 258 g/mol. The number of ether oxygens (including phenoxy) is 1. The Morgan fingerprint density at radius 3 is 2.89 bits per heavy atom. The first-order valence-corrected chi connectivity index (χ1v) is 5.90. The largest absolute Gasteiger partial charge is 0.472 e. The summed E-state index contributed by atoms with van der Waals surface area (Å²) in [5.41, 5.74) is 0.346. The fraction of sp³-hybridized carbons (Fsp3) is 0.500. The smallest absolute Gasteiger partial charge is 0.272 e. The van der Waals surface area contributed by atoms with Crippen LogP contribution in [0.15, 0.2) is 18.3 Å². The molecule has 7 heteroatoms. The van der Waals surface area contributed by atoms with Crippen molar-refractivity contribution in [2.75, 3.05) is 19.7 Å². The van der Waals surface area contributed by atoms with E-state index in [0.717, 1.165) is 0 Å². The molecule has 0 spiro atoms. The van der Waals surface area contributed by atoms with Gasteiger partial charge in [0.15, 0.2) is 6.61 Å². The monoisotopic (exact) mass is 272 g/mol. The van der Waals surface area contributed by atoms with Gasteiger partial charge in [-0.3, -0.25) is 4.79 Å². The number of β-amino-alcohol motifs (C(OH)–C–C–N with tert-alkyl or cyclic N) is 1. The minimum atomic E-state index is -2.56. The molecule has 2 heterocycles. The molecular formula is C12H14F2N2O3. The number of halogens is 2. The first kappa shape index (κ1) is 13.7. The standard InChI is InChI=1S/C12H14F2N2O3/c13-10(14)7-19-11-2-1-8(5-15-11)12(18)16-4-3-9(17)6-16/h1-2,5,9-10,17H,3-4,6-7H2/t9-/m1/s1. The second-order valence-corrected chi connectivity index (χ2v) is 4.28. The van der Waals surface area contributed by atoms with E-state index in [9.17, 15) is 18.7 Å². The number of aromatic nitrogens is 1. The number of aliphatic hydroxyl groups excluding tert-OH is 1. The lowest BCUT2D eigenvalue weighted by Gasteiger charge is -2.15. The second-order valence-electron chi connectivity index (χ2n) is 4.28. The number of nitrogens with zero attached hydrogens (tertiary/aromatic N) is 2. The van der Waals surface area contributed by atoms with Gasteiger partial charge in [0.1, 0.15) is 0 Å². The summed E-state index contributed by atoms with van der Waals surface area (Å²) < 4.78 is 28.6. The Morgan fingerprint density at radius 2 is 2.37 bits per heavy atom. The molecule has 1 saturated heterocycles. The van der Waals surface area contributed by atoms with E-state index in [1.807, 2.05) is 0 Å². The molecule has 19 heavy (non-hydrogen) atoms. The molecule has 0 bridgehead atoms. The van der Waals surface area contributed by atoms with Gasteiger partial charge in [-0.25, -0.2) is 13.8 Å². The summed E-state index contributed by atoms with van der Waals surface area (Å²) in [6.07, 6.45) is -1.19. The van der Waals surface area contributed by atoms with Crippen molar-refractivity contribution in [2.24, 2.45) is 0 Å². The second kappa shape index (κ2) is 5.92. The van der Waals surface area contributed by atoms with Crippen LogP contribution >= 0.6 is 0 Å². The van der Waals surface area contributed by atoms with Crippen LogP contribution in [0.5, 0.6) is 5.88 Å². The van der Waals surface area contributed by atoms with E-state index in [1.54, 1.807) is 0 Å². The van der Waals surface area contributed by atoms with Crippen LogP contribution in [0.25, 0.3) is 0 Å². The van der Waals surface area contributed by atoms with Gasteiger partial charge in [-0.2, -0.15) is 0 Å². The summed E-state index contributed by atoms with van der Waals surface area (Å²) >= 11 is 0. The number of aliphatic hydroxyl groups is 1. The number of hydrogen-bond acceptors (Lipinski definition) is 4. The van der Waals surface area contributed by atoms with Gasteiger partial charge >= 0.3 is 0 Å². The maximum atomic E-state index is 12.0. The molecule has 0 radical (unpaired) electrons. The highest BCUT2D eigenvalue weighted by atomic mass is 19.3. The minimum Gasteiger partial charge on any atom is -0.472 e. The number of pyridine rings is 1. The lowest BCUT2D eigenvalue weighted by atomic mass is 10.2. The predicted octanol–water partition coefficient (Wildman–Crippen LogP) is 0.932. The summed E-state index contributed by atoms with van der Waals surface area (Å²) in [6.45, 7) is 0.0880. The van der Waals surface area contributed by atoms with E-state index >= 15 is 0 Å². The van der Waals surface area contributed by atoms with Crippen LogP contribution in [0, 0.1) is 0 Å². The molecule has 2 rings (SSSR count). The zero-order valence-electron chi connectivity index (χ0n) is 10.1. The highest BCUT2D eigenvalue weighted by Gasteiger charge is 2.25. The number of carbonyl (C=O) groups is 1. The van der Waals surface area contributed by atoms with E-state index in [4.69, 9.17) is 4.74 Å². The Labute approximate surface area is 108 Å². The van der Waals surface area contributed by atoms with Gasteiger partial charge in [0.25, 0.3) is 12.3 Å². The van der Waals surface area contributed by atoms with Gasteiger partial charge in [0, 0.05) is 25.4 Å². The van der Waals surface area contributed by atoms with Crippen LogP contribution in [-0.4, -0.2) is 53.1 Å². The first-order valence-electron chi connectivity index (χ1n) is 5.90. The third-order valence-corrected chi connectivity index (χ3v) is 2.79. The Bertz CT molecular complexity index is 439. The Kier molecular flexibility index (Phi) is 4.26. The average molecular weight is 272 g/mol. The molecule has 1 aliphatic heterocycles. The van der Waals surface area contributed by atoms with Gasteiger partial charge in [0.2, 0.25) is 5.88 Å². The summed E-state index contributed by atoms with van der Waals surface area (Å²) in [7, 11) is 0. The summed E-state index contributed by atoms with van der Waals surface area (Å²) in [6, 6.07) is 2.85. The van der Waals surface area contributed by atoms with Crippen molar-refractivity contribution in [1.29, 1.82) is 0 Å². The van der Waals surface area contributed by atoms with Crippen molar-refractivity contribution >= 4 is 5.91 Å². The third-order valence-electron chi connectivity index (χ3n) is 2.79. The first-order chi connectivity index (χ1) is 9.06. The highest BCUT2D eigenvalue weighted by molar-refractivity contribution is 5.94. The van der Waals surface area contributed by atoms with Crippen LogP contribution in [0.3, 0.4) is 0 Å². The Balaban J connectivity index is 1.96. The van der Waals surface area contributed by atoms with Crippen LogP contribution in [0.2, 0.25) is 0 Å². The quantitative estimate of drug-likeness (QED) is 0.885. The molecule has 104 valence electrons. The van der Waals surface area contributed by atoms with Crippen molar-refractivity contribution in [3.05, 3.63) is 23.9 Å². The molecule has 0 saturated carbocycles. The number of amides is 1.